The molecule has 0 saturated carbocycles. The van der Waals surface area contributed by atoms with Crippen molar-refractivity contribution in [3.05, 3.63) is 0 Å². The van der Waals surface area contributed by atoms with E-state index in [1.807, 2.05) is 0 Å². The van der Waals surface area contributed by atoms with E-state index in [2.05, 4.69) is 16.0 Å². The fourth-order valence-electron chi connectivity index (χ4n) is 1.67. The number of hydrogen-bond acceptors (Lipinski definition) is 3. The number of carbonyl (C=O) groups excluding carboxylic acids is 2. The number of nitrogens with one attached hydrogen (secondary N) is 3. The molecule has 86 valence electrons. The van der Waals surface area contributed by atoms with Gasteiger partial charge in [0.1, 0.15) is 0 Å². The monoisotopic (exact) mass is 233 g/mol. The molecule has 0 spiro atoms. The van der Waals surface area contributed by atoms with Crippen molar-refractivity contribution in [2.45, 2.75) is 31.3 Å². The second-order valence-electron chi connectivity index (χ2n) is 3.84. The van der Waals surface area contributed by atoms with Gasteiger partial charge in [-0.2, -0.15) is 0 Å². The molecule has 2 aliphatic rings. The lowest BCUT2D eigenvalue weighted by molar-refractivity contribution is -0.127. The highest BCUT2D eigenvalue weighted by Gasteiger charge is 2.27. The molecule has 6 heteroatoms. The van der Waals surface area contributed by atoms with Gasteiger partial charge in [0.15, 0.2) is 0 Å². The van der Waals surface area contributed by atoms with Crippen molar-refractivity contribution in [3.8, 4) is 0 Å². The van der Waals surface area contributed by atoms with Gasteiger partial charge in [0.2, 0.25) is 11.8 Å². The normalized spacial score (nSPS) is 29.5. The predicted octanol–water partition coefficient (Wildman–Crippen LogP) is -0.835. The van der Waals surface area contributed by atoms with Crippen LogP contribution in [0.15, 0.2) is 0 Å². The zero-order valence-electron chi connectivity index (χ0n) is 8.41. The average molecular weight is 234 g/mol. The first kappa shape index (κ1) is 12.3. The molecule has 2 rings (SSSR count). The molecule has 2 saturated heterocycles. The summed E-state index contributed by atoms with van der Waals surface area (Å²) in [4.78, 5) is 22.3. The zero-order valence-corrected chi connectivity index (χ0v) is 9.23. The van der Waals surface area contributed by atoms with E-state index in [1.54, 1.807) is 0 Å². The molecule has 2 amide bonds. The topological polar surface area (TPSA) is 70.2 Å². The molecule has 5 nitrogen and oxygen atoms in total. The molecular weight excluding hydrogens is 218 g/mol. The maximum absolute atomic E-state index is 11.5. The Morgan fingerprint density at radius 3 is 2.60 bits per heavy atom. The Kier molecular flexibility index (Phi) is 4.35. The van der Waals surface area contributed by atoms with E-state index >= 15 is 0 Å². The number of rotatable bonds is 2. The van der Waals surface area contributed by atoms with E-state index in [4.69, 9.17) is 0 Å². The van der Waals surface area contributed by atoms with Crippen LogP contribution in [0, 0.1) is 0 Å². The largest absolute Gasteiger partial charge is 0.354 e. The Bertz CT molecular complexity index is 246. The second-order valence-corrected chi connectivity index (χ2v) is 3.84. The van der Waals surface area contributed by atoms with Crippen LogP contribution in [0.25, 0.3) is 0 Å². The smallest absolute Gasteiger partial charge is 0.237 e. The van der Waals surface area contributed by atoms with Crippen molar-refractivity contribution in [3.63, 3.8) is 0 Å². The van der Waals surface area contributed by atoms with Crippen LogP contribution >= 0.6 is 12.4 Å². The minimum atomic E-state index is -0.00683. The molecule has 0 aliphatic carbocycles. The van der Waals surface area contributed by atoms with E-state index < -0.39 is 0 Å². The van der Waals surface area contributed by atoms with Crippen molar-refractivity contribution in [1.29, 1.82) is 0 Å². The molecule has 0 radical (unpaired) electrons. The van der Waals surface area contributed by atoms with Crippen LogP contribution in [0.3, 0.4) is 0 Å². The Morgan fingerprint density at radius 1 is 1.40 bits per heavy atom. The van der Waals surface area contributed by atoms with Gasteiger partial charge in [-0.1, -0.05) is 0 Å². The summed E-state index contributed by atoms with van der Waals surface area (Å²) in [6, 6.07) is 0.107. The van der Waals surface area contributed by atoms with Crippen molar-refractivity contribution < 1.29 is 9.59 Å². The van der Waals surface area contributed by atoms with Crippen LogP contribution in [0.4, 0.5) is 0 Å². The van der Waals surface area contributed by atoms with Gasteiger partial charge in [-0.05, 0) is 19.4 Å². The molecule has 2 aliphatic heterocycles. The van der Waals surface area contributed by atoms with Gasteiger partial charge in [0.25, 0.3) is 0 Å². The highest BCUT2D eigenvalue weighted by atomic mass is 35.5. The molecular formula is C9H16ClN3O2. The molecule has 1 unspecified atom stereocenters. The van der Waals surface area contributed by atoms with Crippen molar-refractivity contribution in [1.82, 2.24) is 16.0 Å². The van der Waals surface area contributed by atoms with Gasteiger partial charge in [-0.3, -0.25) is 9.59 Å². The van der Waals surface area contributed by atoms with Crippen LogP contribution in [-0.2, 0) is 9.59 Å². The summed E-state index contributed by atoms with van der Waals surface area (Å²) < 4.78 is 0. The van der Waals surface area contributed by atoms with Gasteiger partial charge < -0.3 is 16.0 Å². The third kappa shape index (κ3) is 3.07. The van der Waals surface area contributed by atoms with E-state index in [-0.39, 0.29) is 36.3 Å². The van der Waals surface area contributed by atoms with Gasteiger partial charge in [-0.25, -0.2) is 0 Å². The first-order chi connectivity index (χ1) is 6.75. The molecule has 2 heterocycles. The molecule has 0 aromatic carbocycles. The summed E-state index contributed by atoms with van der Waals surface area (Å²) in [5, 5.41) is 8.71. The van der Waals surface area contributed by atoms with Crippen molar-refractivity contribution in [2.75, 3.05) is 13.1 Å². The lowest BCUT2D eigenvalue weighted by Gasteiger charge is -2.30. The first-order valence-electron chi connectivity index (χ1n) is 5.06. The van der Waals surface area contributed by atoms with E-state index in [1.165, 1.54) is 0 Å². The number of carbonyl (C=O) groups is 2. The summed E-state index contributed by atoms with van der Waals surface area (Å²) in [6.07, 6.45) is 2.19. The van der Waals surface area contributed by atoms with Crippen LogP contribution in [0.1, 0.15) is 19.3 Å². The first-order valence-corrected chi connectivity index (χ1v) is 5.06. The van der Waals surface area contributed by atoms with E-state index in [9.17, 15) is 9.59 Å². The van der Waals surface area contributed by atoms with E-state index in [0.29, 0.717) is 13.0 Å². The molecule has 0 bridgehead atoms. The van der Waals surface area contributed by atoms with E-state index in [0.717, 1.165) is 19.4 Å². The maximum Gasteiger partial charge on any atom is 0.237 e. The molecule has 2 fully saturated rings. The van der Waals surface area contributed by atoms with Crippen LogP contribution in [-0.4, -0.2) is 37.0 Å². The summed E-state index contributed by atoms with van der Waals surface area (Å²) in [5.41, 5.74) is 0. The minimum absolute atomic E-state index is 0. The molecule has 2 atom stereocenters. The maximum atomic E-state index is 11.5. The zero-order chi connectivity index (χ0) is 9.97. The van der Waals surface area contributed by atoms with Crippen LogP contribution < -0.4 is 16.0 Å². The summed E-state index contributed by atoms with van der Waals surface area (Å²) in [6.45, 7) is 1.50. The van der Waals surface area contributed by atoms with Gasteiger partial charge in [0.05, 0.1) is 6.04 Å². The third-order valence-corrected chi connectivity index (χ3v) is 2.75. The average Bonchev–Trinajstić information content (AvgIpc) is 2.06. The quantitative estimate of drug-likeness (QED) is 0.583. The minimum Gasteiger partial charge on any atom is -0.354 e. The summed E-state index contributed by atoms with van der Waals surface area (Å²) in [7, 11) is 0. The molecule has 3 N–H and O–H groups in total. The molecule has 15 heavy (non-hydrogen) atoms. The number of piperidine rings is 1. The van der Waals surface area contributed by atoms with Crippen LogP contribution in [0.5, 0.6) is 0 Å². The SMILES string of the molecule is Cl.O=C1CCC(NC(=O)[C@H]2CCN2)CN1. The highest BCUT2D eigenvalue weighted by molar-refractivity contribution is 5.85. The lowest BCUT2D eigenvalue weighted by atomic mass is 10.0. The standard InChI is InChI=1S/C9H15N3O2.ClH/c13-8-2-1-6(5-11-8)12-9(14)7-3-4-10-7;/h6-7,10H,1-5H2,(H,11,13)(H,12,14);1H/t6?,7-;/m1./s1. The summed E-state index contributed by atoms with van der Waals surface area (Å²) >= 11 is 0. The third-order valence-electron chi connectivity index (χ3n) is 2.75. The number of hydrogen-bond donors (Lipinski definition) is 3. The highest BCUT2D eigenvalue weighted by Crippen LogP contribution is 2.06. The Balaban J connectivity index is 0.00000112. The van der Waals surface area contributed by atoms with Gasteiger partial charge in [-0.15, -0.1) is 12.4 Å². The van der Waals surface area contributed by atoms with Crippen molar-refractivity contribution in [2.24, 2.45) is 0 Å². The van der Waals surface area contributed by atoms with Crippen LogP contribution in [0.2, 0.25) is 0 Å². The Labute approximate surface area is 94.8 Å². The lowest BCUT2D eigenvalue weighted by Crippen LogP contribution is -2.57. The molecule has 0 aromatic rings. The Morgan fingerprint density at radius 2 is 2.13 bits per heavy atom. The number of amides is 2. The fourth-order valence-corrected chi connectivity index (χ4v) is 1.67. The predicted molar refractivity (Wildman–Crippen MR) is 57.8 cm³/mol. The Hall–Kier alpha value is -0.810. The van der Waals surface area contributed by atoms with Gasteiger partial charge >= 0.3 is 0 Å². The fraction of sp³-hybridized carbons (Fsp3) is 0.778. The van der Waals surface area contributed by atoms with Crippen molar-refractivity contribution >= 4 is 24.2 Å². The number of halogens is 1. The summed E-state index contributed by atoms with van der Waals surface area (Å²) in [5.74, 6) is 0.148. The molecule has 0 aromatic heterocycles. The second kappa shape index (κ2) is 5.32. The van der Waals surface area contributed by atoms with Gasteiger partial charge in [0, 0.05) is 19.0 Å².